The molecule has 0 bridgehead atoms. The van der Waals surface area contributed by atoms with E-state index in [-0.39, 0.29) is 17.6 Å². The van der Waals surface area contributed by atoms with Crippen LogP contribution in [0.25, 0.3) is 0 Å². The van der Waals surface area contributed by atoms with Gasteiger partial charge in [-0.1, -0.05) is 36.4 Å². The topological polar surface area (TPSA) is 74.4 Å². The van der Waals surface area contributed by atoms with E-state index in [0.29, 0.717) is 19.6 Å². The number of nitrogens with zero attached hydrogens (tertiary/aromatic N) is 1. The number of benzene rings is 1. The number of ether oxygens (including phenoxy) is 1. The summed E-state index contributed by atoms with van der Waals surface area (Å²) in [4.78, 5) is 28.1. The monoisotopic (exact) mass is 341 g/mol. The normalized spacial score (nSPS) is 18.0. The van der Waals surface area contributed by atoms with Crippen LogP contribution < -0.4 is 10.9 Å². The predicted molar refractivity (Wildman–Crippen MR) is 95.0 cm³/mol. The molecular formula is C19H23N3O3. The Morgan fingerprint density at radius 3 is 2.80 bits per heavy atom. The lowest BCUT2D eigenvalue weighted by atomic mass is 10.1. The maximum Gasteiger partial charge on any atom is 0.247 e. The number of amides is 1. The van der Waals surface area contributed by atoms with Gasteiger partial charge in [-0.15, -0.1) is 0 Å². The van der Waals surface area contributed by atoms with Crippen molar-refractivity contribution in [3.63, 3.8) is 0 Å². The summed E-state index contributed by atoms with van der Waals surface area (Å²) in [7, 11) is 0. The highest BCUT2D eigenvalue weighted by Crippen LogP contribution is 2.12. The summed E-state index contributed by atoms with van der Waals surface area (Å²) in [5.41, 5.74) is 1.98. The molecule has 6 heteroatoms. The van der Waals surface area contributed by atoms with Crippen LogP contribution in [0.2, 0.25) is 0 Å². The van der Waals surface area contributed by atoms with Gasteiger partial charge < -0.3 is 15.0 Å². The molecule has 1 unspecified atom stereocenters. The Balaban J connectivity index is 1.44. The van der Waals surface area contributed by atoms with E-state index in [1.54, 1.807) is 12.3 Å². The minimum absolute atomic E-state index is 0.0437. The van der Waals surface area contributed by atoms with Crippen LogP contribution in [0, 0.1) is 0 Å². The summed E-state index contributed by atoms with van der Waals surface area (Å²) >= 11 is 0. The maximum atomic E-state index is 12.1. The van der Waals surface area contributed by atoms with E-state index in [4.69, 9.17) is 4.74 Å². The average molecular weight is 341 g/mol. The van der Waals surface area contributed by atoms with Gasteiger partial charge in [0, 0.05) is 38.4 Å². The van der Waals surface area contributed by atoms with Gasteiger partial charge in [0.25, 0.3) is 0 Å². The van der Waals surface area contributed by atoms with Crippen LogP contribution >= 0.6 is 0 Å². The van der Waals surface area contributed by atoms with Crippen molar-refractivity contribution in [3.8, 4) is 0 Å². The molecule has 25 heavy (non-hydrogen) atoms. The van der Waals surface area contributed by atoms with Crippen LogP contribution in [0.5, 0.6) is 0 Å². The summed E-state index contributed by atoms with van der Waals surface area (Å²) in [5, 5.41) is 2.87. The molecule has 2 N–H and O–H groups in total. The highest BCUT2D eigenvalue weighted by Gasteiger charge is 2.22. The van der Waals surface area contributed by atoms with Crippen molar-refractivity contribution < 1.29 is 9.53 Å². The molecule has 1 aromatic heterocycles. The van der Waals surface area contributed by atoms with Crippen molar-refractivity contribution in [2.45, 2.75) is 25.6 Å². The first-order chi connectivity index (χ1) is 12.2. The van der Waals surface area contributed by atoms with E-state index < -0.39 is 0 Å². The molecule has 1 fully saturated rings. The number of aromatic nitrogens is 1. The van der Waals surface area contributed by atoms with Crippen molar-refractivity contribution in [1.82, 2.24) is 15.2 Å². The molecule has 1 atom stereocenters. The molecule has 1 amide bonds. The van der Waals surface area contributed by atoms with Gasteiger partial charge in [0.1, 0.15) is 0 Å². The highest BCUT2D eigenvalue weighted by atomic mass is 16.5. The van der Waals surface area contributed by atoms with Crippen molar-refractivity contribution in [1.29, 1.82) is 0 Å². The van der Waals surface area contributed by atoms with Crippen LogP contribution in [0.3, 0.4) is 0 Å². The van der Waals surface area contributed by atoms with Gasteiger partial charge in [-0.25, -0.2) is 0 Å². The van der Waals surface area contributed by atoms with Crippen LogP contribution in [0.1, 0.15) is 17.5 Å². The van der Waals surface area contributed by atoms with E-state index in [0.717, 1.165) is 25.2 Å². The SMILES string of the molecule is O=C(CC1CN(Cc2ccccc2)CCO1)NCc1ccc(=O)[nH]c1. The second-order valence-electron chi connectivity index (χ2n) is 6.26. The summed E-state index contributed by atoms with van der Waals surface area (Å²) in [6.07, 6.45) is 1.86. The largest absolute Gasteiger partial charge is 0.375 e. The first-order valence-corrected chi connectivity index (χ1v) is 8.51. The molecule has 1 aliphatic rings. The lowest BCUT2D eigenvalue weighted by Gasteiger charge is -2.32. The van der Waals surface area contributed by atoms with Gasteiger partial charge in [0.15, 0.2) is 0 Å². The zero-order valence-electron chi connectivity index (χ0n) is 14.1. The molecule has 3 rings (SSSR count). The lowest BCUT2D eigenvalue weighted by Crippen LogP contribution is -2.44. The van der Waals surface area contributed by atoms with E-state index >= 15 is 0 Å². The summed E-state index contributed by atoms with van der Waals surface area (Å²) in [5.74, 6) is -0.0437. The summed E-state index contributed by atoms with van der Waals surface area (Å²) < 4.78 is 5.73. The maximum absolute atomic E-state index is 12.1. The fraction of sp³-hybridized carbons (Fsp3) is 0.368. The second kappa shape index (κ2) is 8.60. The molecule has 1 aliphatic heterocycles. The second-order valence-corrected chi connectivity index (χ2v) is 6.26. The molecule has 1 aromatic carbocycles. The van der Waals surface area contributed by atoms with Gasteiger partial charge in [-0.05, 0) is 11.1 Å². The number of pyridine rings is 1. The number of nitrogens with one attached hydrogen (secondary N) is 2. The first kappa shape index (κ1) is 17.4. The standard InChI is InChI=1S/C19H23N3O3/c23-18-7-6-16(11-20-18)12-21-19(24)10-17-14-22(8-9-25-17)13-15-4-2-1-3-5-15/h1-7,11,17H,8-10,12-14H2,(H,20,23)(H,21,24). The minimum atomic E-state index is -0.149. The number of rotatable bonds is 6. The van der Waals surface area contributed by atoms with E-state index in [1.165, 1.54) is 11.6 Å². The van der Waals surface area contributed by atoms with Crippen molar-refractivity contribution in [2.24, 2.45) is 0 Å². The molecule has 0 radical (unpaired) electrons. The van der Waals surface area contributed by atoms with Gasteiger partial charge in [-0.3, -0.25) is 14.5 Å². The van der Waals surface area contributed by atoms with Crippen LogP contribution in [-0.4, -0.2) is 41.6 Å². The van der Waals surface area contributed by atoms with Crippen molar-refractivity contribution in [3.05, 3.63) is 70.1 Å². The Bertz CT molecular complexity index is 725. The van der Waals surface area contributed by atoms with Gasteiger partial charge >= 0.3 is 0 Å². The zero-order chi connectivity index (χ0) is 17.5. The number of H-pyrrole nitrogens is 1. The molecule has 0 saturated carbocycles. The Hall–Kier alpha value is -2.44. The van der Waals surface area contributed by atoms with Gasteiger partial charge in [-0.2, -0.15) is 0 Å². The van der Waals surface area contributed by atoms with Crippen LogP contribution in [-0.2, 0) is 22.6 Å². The van der Waals surface area contributed by atoms with E-state index in [9.17, 15) is 9.59 Å². The van der Waals surface area contributed by atoms with E-state index in [1.807, 2.05) is 18.2 Å². The average Bonchev–Trinajstić information content (AvgIpc) is 2.62. The first-order valence-electron chi connectivity index (χ1n) is 8.51. The third-order valence-electron chi connectivity index (χ3n) is 4.22. The third-order valence-corrected chi connectivity index (χ3v) is 4.22. The van der Waals surface area contributed by atoms with Crippen molar-refractivity contribution >= 4 is 5.91 Å². The fourth-order valence-corrected chi connectivity index (χ4v) is 2.92. The molecule has 0 aliphatic carbocycles. The number of hydrogen-bond donors (Lipinski definition) is 2. The molecule has 1 saturated heterocycles. The van der Waals surface area contributed by atoms with E-state index in [2.05, 4.69) is 27.3 Å². The Labute approximate surface area is 146 Å². The highest BCUT2D eigenvalue weighted by molar-refractivity contribution is 5.76. The number of aromatic amines is 1. The molecule has 132 valence electrons. The molecule has 2 heterocycles. The molecule has 0 spiro atoms. The minimum Gasteiger partial charge on any atom is -0.375 e. The molecule has 2 aromatic rings. The number of hydrogen-bond acceptors (Lipinski definition) is 4. The van der Waals surface area contributed by atoms with Gasteiger partial charge in [0.2, 0.25) is 11.5 Å². The zero-order valence-corrected chi connectivity index (χ0v) is 14.1. The fourth-order valence-electron chi connectivity index (χ4n) is 2.92. The molecule has 6 nitrogen and oxygen atoms in total. The summed E-state index contributed by atoms with van der Waals surface area (Å²) in [6.45, 7) is 3.55. The summed E-state index contributed by atoms with van der Waals surface area (Å²) in [6, 6.07) is 13.5. The van der Waals surface area contributed by atoms with Crippen molar-refractivity contribution in [2.75, 3.05) is 19.7 Å². The predicted octanol–water partition coefficient (Wildman–Crippen LogP) is 1.28. The number of morpholine rings is 1. The van der Waals surface area contributed by atoms with Crippen LogP contribution in [0.4, 0.5) is 0 Å². The third kappa shape index (κ3) is 5.55. The quantitative estimate of drug-likeness (QED) is 0.830. The van der Waals surface area contributed by atoms with Gasteiger partial charge in [0.05, 0.1) is 19.1 Å². The number of carbonyl (C=O) groups is 1. The Morgan fingerprint density at radius 2 is 2.04 bits per heavy atom. The smallest absolute Gasteiger partial charge is 0.247 e. The molecular weight excluding hydrogens is 318 g/mol. The lowest BCUT2D eigenvalue weighted by molar-refractivity contribution is -0.126. The Morgan fingerprint density at radius 1 is 1.20 bits per heavy atom. The number of carbonyl (C=O) groups excluding carboxylic acids is 1. The van der Waals surface area contributed by atoms with Crippen LogP contribution in [0.15, 0.2) is 53.5 Å². The Kier molecular flexibility index (Phi) is 5.98.